The fraction of sp³-hybridized carbons (Fsp3) is 0.733. The first-order valence-corrected chi connectivity index (χ1v) is 7.20. The Hall–Kier alpha value is -1.12. The first-order chi connectivity index (χ1) is 8.63. The van der Waals surface area contributed by atoms with E-state index in [1.807, 2.05) is 20.0 Å². The third kappa shape index (κ3) is 2.11. The Morgan fingerprint density at radius 3 is 2.78 bits per heavy atom. The van der Waals surface area contributed by atoms with Crippen LogP contribution in [-0.2, 0) is 0 Å². The molecule has 0 aromatic carbocycles. The maximum Gasteiger partial charge on any atom is 0.147 e. The molecule has 2 bridgehead atoms. The van der Waals surface area contributed by atoms with Gasteiger partial charge in [0.2, 0.25) is 0 Å². The van der Waals surface area contributed by atoms with Crippen LogP contribution in [-0.4, -0.2) is 16.0 Å². The van der Waals surface area contributed by atoms with Gasteiger partial charge in [-0.15, -0.1) is 0 Å². The predicted molar refractivity (Wildman–Crippen MR) is 73.5 cm³/mol. The summed E-state index contributed by atoms with van der Waals surface area (Å²) in [4.78, 5) is 8.95. The van der Waals surface area contributed by atoms with Gasteiger partial charge in [-0.2, -0.15) is 0 Å². The molecular formula is C15H23N3. The Morgan fingerprint density at radius 1 is 1.28 bits per heavy atom. The van der Waals surface area contributed by atoms with E-state index in [-0.39, 0.29) is 0 Å². The van der Waals surface area contributed by atoms with Crippen molar-refractivity contribution in [3.05, 3.63) is 17.6 Å². The number of fused-ring (bicyclic) bond motifs is 2. The first-order valence-electron chi connectivity index (χ1n) is 7.20. The Morgan fingerprint density at radius 2 is 2.11 bits per heavy atom. The summed E-state index contributed by atoms with van der Waals surface area (Å²) in [6.45, 7) is 6.34. The molecule has 1 aromatic heterocycles. The highest BCUT2D eigenvalue weighted by molar-refractivity contribution is 5.40. The van der Waals surface area contributed by atoms with E-state index >= 15 is 0 Å². The minimum Gasteiger partial charge on any atom is -0.366 e. The molecule has 0 aliphatic heterocycles. The molecule has 0 amide bonds. The summed E-state index contributed by atoms with van der Waals surface area (Å²) in [5.74, 6) is 3.78. The lowest BCUT2D eigenvalue weighted by molar-refractivity contribution is 0.304. The van der Waals surface area contributed by atoms with Crippen molar-refractivity contribution in [1.82, 2.24) is 9.97 Å². The molecule has 0 saturated heterocycles. The molecular weight excluding hydrogens is 222 g/mol. The summed E-state index contributed by atoms with van der Waals surface area (Å²) in [5.41, 5.74) is 2.00. The van der Waals surface area contributed by atoms with Gasteiger partial charge in [-0.25, -0.2) is 4.98 Å². The molecule has 3 heteroatoms. The molecule has 1 N–H and O–H groups in total. The highest BCUT2D eigenvalue weighted by Gasteiger charge is 2.41. The van der Waals surface area contributed by atoms with E-state index in [0.717, 1.165) is 35.0 Å². The standard InChI is InChI=1S/C15H23N3/c1-9-8-16-11(3)15(17-9)18-10(2)14-7-12-4-5-13(14)6-12/h8,10,12-14H,4-7H2,1-3H3,(H,17,18)/t10-,12+,13+,14+/m0/s1. The lowest BCUT2D eigenvalue weighted by Gasteiger charge is -2.29. The Bertz CT molecular complexity index is 443. The van der Waals surface area contributed by atoms with Crippen LogP contribution in [0, 0.1) is 31.6 Å². The third-order valence-electron chi connectivity index (χ3n) is 4.88. The van der Waals surface area contributed by atoms with E-state index in [4.69, 9.17) is 0 Å². The van der Waals surface area contributed by atoms with Crippen molar-refractivity contribution in [2.45, 2.75) is 52.5 Å². The maximum atomic E-state index is 4.57. The molecule has 1 heterocycles. The Balaban J connectivity index is 1.70. The summed E-state index contributed by atoms with van der Waals surface area (Å²) in [6.07, 6.45) is 7.63. The number of anilines is 1. The van der Waals surface area contributed by atoms with Crippen LogP contribution in [0.15, 0.2) is 6.20 Å². The first kappa shape index (κ1) is 11.9. The summed E-state index contributed by atoms with van der Waals surface area (Å²) >= 11 is 0. The van der Waals surface area contributed by atoms with Crippen LogP contribution in [0.2, 0.25) is 0 Å². The van der Waals surface area contributed by atoms with E-state index in [9.17, 15) is 0 Å². The number of hydrogen-bond acceptors (Lipinski definition) is 3. The van der Waals surface area contributed by atoms with Crippen molar-refractivity contribution in [3.8, 4) is 0 Å². The molecule has 1 aromatic rings. The number of aryl methyl sites for hydroxylation is 2. The average Bonchev–Trinajstić information content (AvgIpc) is 2.96. The van der Waals surface area contributed by atoms with Crippen LogP contribution in [0.1, 0.15) is 44.0 Å². The van der Waals surface area contributed by atoms with E-state index in [0.29, 0.717) is 6.04 Å². The van der Waals surface area contributed by atoms with E-state index < -0.39 is 0 Å². The second-order valence-electron chi connectivity index (χ2n) is 6.22. The zero-order valence-corrected chi connectivity index (χ0v) is 11.6. The zero-order valence-electron chi connectivity index (χ0n) is 11.6. The quantitative estimate of drug-likeness (QED) is 0.887. The van der Waals surface area contributed by atoms with Gasteiger partial charge < -0.3 is 5.32 Å². The van der Waals surface area contributed by atoms with Gasteiger partial charge in [0.25, 0.3) is 0 Å². The minimum atomic E-state index is 0.523. The zero-order chi connectivity index (χ0) is 12.7. The van der Waals surface area contributed by atoms with Crippen molar-refractivity contribution in [2.24, 2.45) is 17.8 Å². The van der Waals surface area contributed by atoms with Gasteiger partial charge in [0.05, 0.1) is 11.4 Å². The maximum absolute atomic E-state index is 4.57. The van der Waals surface area contributed by atoms with Crippen molar-refractivity contribution in [2.75, 3.05) is 5.32 Å². The van der Waals surface area contributed by atoms with E-state index in [1.54, 1.807) is 0 Å². The lowest BCUT2D eigenvalue weighted by Crippen LogP contribution is -2.30. The summed E-state index contributed by atoms with van der Waals surface area (Å²) in [6, 6.07) is 0.523. The van der Waals surface area contributed by atoms with Gasteiger partial charge in [0.15, 0.2) is 0 Å². The van der Waals surface area contributed by atoms with Gasteiger partial charge in [-0.3, -0.25) is 4.98 Å². The molecule has 3 nitrogen and oxygen atoms in total. The van der Waals surface area contributed by atoms with Gasteiger partial charge in [0.1, 0.15) is 5.82 Å². The number of nitrogens with zero attached hydrogens (tertiary/aromatic N) is 2. The minimum absolute atomic E-state index is 0.523. The highest BCUT2D eigenvalue weighted by Crippen LogP contribution is 2.49. The second-order valence-corrected chi connectivity index (χ2v) is 6.22. The van der Waals surface area contributed by atoms with Crippen molar-refractivity contribution < 1.29 is 0 Å². The van der Waals surface area contributed by atoms with Crippen LogP contribution in [0.5, 0.6) is 0 Å². The summed E-state index contributed by atoms with van der Waals surface area (Å²) < 4.78 is 0. The largest absolute Gasteiger partial charge is 0.366 e. The van der Waals surface area contributed by atoms with Crippen LogP contribution >= 0.6 is 0 Å². The van der Waals surface area contributed by atoms with E-state index in [1.165, 1.54) is 25.7 Å². The normalized spacial score (nSPS) is 31.6. The third-order valence-corrected chi connectivity index (χ3v) is 4.88. The molecule has 2 aliphatic carbocycles. The van der Waals surface area contributed by atoms with Gasteiger partial charge >= 0.3 is 0 Å². The average molecular weight is 245 g/mol. The fourth-order valence-corrected chi connectivity index (χ4v) is 3.90. The summed E-state index contributed by atoms with van der Waals surface area (Å²) in [7, 11) is 0. The van der Waals surface area contributed by atoms with E-state index in [2.05, 4.69) is 22.2 Å². The molecule has 3 rings (SSSR count). The second kappa shape index (κ2) is 4.52. The Kier molecular flexibility index (Phi) is 3.00. The number of rotatable bonds is 3. The number of hydrogen-bond donors (Lipinski definition) is 1. The van der Waals surface area contributed by atoms with Crippen molar-refractivity contribution >= 4 is 5.82 Å². The Labute approximate surface area is 109 Å². The van der Waals surface area contributed by atoms with Gasteiger partial charge in [0, 0.05) is 12.2 Å². The monoisotopic (exact) mass is 245 g/mol. The fourth-order valence-electron chi connectivity index (χ4n) is 3.90. The van der Waals surface area contributed by atoms with Gasteiger partial charge in [-0.05, 0) is 57.8 Å². The molecule has 4 atom stereocenters. The number of aromatic nitrogens is 2. The van der Waals surface area contributed by atoms with Crippen molar-refractivity contribution in [3.63, 3.8) is 0 Å². The molecule has 2 aliphatic rings. The molecule has 98 valence electrons. The molecule has 2 fully saturated rings. The molecule has 0 radical (unpaired) electrons. The predicted octanol–water partition coefficient (Wildman–Crippen LogP) is 3.33. The topological polar surface area (TPSA) is 37.8 Å². The van der Waals surface area contributed by atoms with Crippen LogP contribution in [0.25, 0.3) is 0 Å². The van der Waals surface area contributed by atoms with Crippen LogP contribution in [0.3, 0.4) is 0 Å². The number of nitrogens with one attached hydrogen (secondary N) is 1. The molecule has 2 saturated carbocycles. The van der Waals surface area contributed by atoms with Crippen LogP contribution < -0.4 is 5.32 Å². The molecule has 0 spiro atoms. The highest BCUT2D eigenvalue weighted by atomic mass is 15.0. The summed E-state index contributed by atoms with van der Waals surface area (Å²) in [5, 5.41) is 3.60. The van der Waals surface area contributed by atoms with Gasteiger partial charge in [-0.1, -0.05) is 6.42 Å². The molecule has 0 unspecified atom stereocenters. The molecule has 18 heavy (non-hydrogen) atoms. The smallest absolute Gasteiger partial charge is 0.147 e. The van der Waals surface area contributed by atoms with Crippen LogP contribution in [0.4, 0.5) is 5.82 Å². The van der Waals surface area contributed by atoms with Crippen molar-refractivity contribution in [1.29, 1.82) is 0 Å². The lowest BCUT2D eigenvalue weighted by atomic mass is 9.84. The SMILES string of the molecule is Cc1cnc(C)c(N[C@@H](C)[C@H]2C[C@@H]3CC[C@@H]2C3)n1.